The molecular weight excluding hydrogens is 176 g/mol. The van der Waals surface area contributed by atoms with E-state index in [2.05, 4.69) is 31.8 Å². The molecule has 0 saturated carbocycles. The van der Waals surface area contributed by atoms with Gasteiger partial charge in [0.1, 0.15) is 0 Å². The molecule has 0 fully saturated rings. The van der Waals surface area contributed by atoms with E-state index in [0.717, 1.165) is 5.56 Å². The van der Waals surface area contributed by atoms with Crippen LogP contribution in [-0.4, -0.2) is 13.2 Å². The Morgan fingerprint density at radius 2 is 1.46 bits per heavy atom. The zero-order valence-electron chi connectivity index (χ0n) is 8.67. The minimum absolute atomic E-state index is 0.146. The summed E-state index contributed by atoms with van der Waals surface area (Å²) < 4.78 is 0. The Kier molecular flexibility index (Phi) is 3.28. The van der Waals surface area contributed by atoms with Crippen molar-refractivity contribution in [2.24, 2.45) is 0 Å². The van der Waals surface area contributed by atoms with E-state index < -0.39 is 8.07 Å². The molecule has 1 rings (SSSR count). The van der Waals surface area contributed by atoms with Gasteiger partial charge in [-0.15, -0.1) is 0 Å². The van der Waals surface area contributed by atoms with E-state index in [-0.39, 0.29) is 6.61 Å². The van der Waals surface area contributed by atoms with Gasteiger partial charge in [-0.05, 0) is 11.6 Å². The van der Waals surface area contributed by atoms with Gasteiger partial charge in [-0.2, -0.15) is 0 Å². The summed E-state index contributed by atoms with van der Waals surface area (Å²) in [4.78, 5) is 0. The monoisotopic (exact) mass is 194 g/mol. The maximum atomic E-state index is 8.87. The minimum Gasteiger partial charge on any atom is -0.392 e. The van der Waals surface area contributed by atoms with E-state index in [1.54, 1.807) is 0 Å². The molecule has 1 N–H and O–H groups in total. The molecule has 1 nitrogen and oxygen atoms in total. The third kappa shape index (κ3) is 3.74. The second-order valence-corrected chi connectivity index (χ2v) is 10.2. The highest BCUT2D eigenvalue weighted by Gasteiger charge is 2.13. The topological polar surface area (TPSA) is 20.2 Å². The van der Waals surface area contributed by atoms with Gasteiger partial charge in [-0.1, -0.05) is 49.5 Å². The molecular formula is C11H18OSi. The summed E-state index contributed by atoms with van der Waals surface area (Å²) in [5, 5.41) is 8.87. The normalized spacial score (nSPS) is 11.7. The van der Waals surface area contributed by atoms with Gasteiger partial charge in [0.25, 0.3) is 0 Å². The minimum atomic E-state index is -0.988. The van der Waals surface area contributed by atoms with Crippen LogP contribution in [0.3, 0.4) is 0 Å². The van der Waals surface area contributed by atoms with Crippen LogP contribution < -0.4 is 0 Å². The number of rotatable bonds is 3. The summed E-state index contributed by atoms with van der Waals surface area (Å²) in [5.74, 6) is 0. The van der Waals surface area contributed by atoms with Crippen molar-refractivity contribution in [2.45, 2.75) is 32.3 Å². The number of hydrogen-bond donors (Lipinski definition) is 1. The molecule has 0 amide bonds. The molecule has 1 aromatic rings. The van der Waals surface area contributed by atoms with Gasteiger partial charge in [0, 0.05) is 8.07 Å². The summed E-state index contributed by atoms with van der Waals surface area (Å²) >= 11 is 0. The van der Waals surface area contributed by atoms with Crippen molar-refractivity contribution in [3.05, 3.63) is 35.4 Å². The van der Waals surface area contributed by atoms with E-state index in [4.69, 9.17) is 5.11 Å². The van der Waals surface area contributed by atoms with Gasteiger partial charge >= 0.3 is 0 Å². The quantitative estimate of drug-likeness (QED) is 0.733. The van der Waals surface area contributed by atoms with Crippen LogP contribution in [0.2, 0.25) is 19.6 Å². The molecule has 0 spiro atoms. The van der Waals surface area contributed by atoms with Gasteiger partial charge in [0.05, 0.1) is 6.61 Å². The fourth-order valence-electron chi connectivity index (χ4n) is 1.37. The molecule has 72 valence electrons. The lowest BCUT2D eigenvalue weighted by atomic mass is 10.2. The number of benzene rings is 1. The lowest BCUT2D eigenvalue weighted by molar-refractivity contribution is 0.282. The van der Waals surface area contributed by atoms with E-state index in [0.29, 0.717) is 0 Å². The zero-order chi connectivity index (χ0) is 9.90. The van der Waals surface area contributed by atoms with E-state index in [1.165, 1.54) is 11.6 Å². The predicted molar refractivity (Wildman–Crippen MR) is 59.4 cm³/mol. The first-order valence-corrected chi connectivity index (χ1v) is 8.41. The van der Waals surface area contributed by atoms with Crippen LogP contribution in [0.1, 0.15) is 11.1 Å². The van der Waals surface area contributed by atoms with Gasteiger partial charge in [-0.25, -0.2) is 0 Å². The third-order valence-electron chi connectivity index (χ3n) is 1.94. The number of aliphatic hydroxyl groups excluding tert-OH is 1. The molecule has 0 aliphatic rings. The molecule has 0 aromatic heterocycles. The van der Waals surface area contributed by atoms with Crippen molar-refractivity contribution < 1.29 is 5.11 Å². The van der Waals surface area contributed by atoms with Crippen molar-refractivity contribution in [1.29, 1.82) is 0 Å². The third-order valence-corrected chi connectivity index (χ3v) is 3.41. The maximum absolute atomic E-state index is 8.87. The lowest BCUT2D eigenvalue weighted by Crippen LogP contribution is -2.23. The SMILES string of the molecule is C[Si](C)(C)Cc1ccc(CO)cc1. The van der Waals surface area contributed by atoms with E-state index in [1.807, 2.05) is 12.1 Å². The fraction of sp³-hybridized carbons (Fsp3) is 0.455. The first-order valence-electron chi connectivity index (χ1n) is 4.70. The summed E-state index contributed by atoms with van der Waals surface area (Å²) in [7, 11) is -0.988. The number of aliphatic hydroxyl groups is 1. The zero-order valence-corrected chi connectivity index (χ0v) is 9.67. The molecule has 13 heavy (non-hydrogen) atoms. The first kappa shape index (κ1) is 10.5. The Morgan fingerprint density at radius 3 is 1.85 bits per heavy atom. The molecule has 0 heterocycles. The highest BCUT2D eigenvalue weighted by Crippen LogP contribution is 2.12. The Labute approximate surface area is 81.4 Å². The van der Waals surface area contributed by atoms with Crippen LogP contribution in [0.25, 0.3) is 0 Å². The molecule has 0 atom stereocenters. The van der Waals surface area contributed by atoms with Crippen LogP contribution in [0.4, 0.5) is 0 Å². The largest absolute Gasteiger partial charge is 0.392 e. The average molecular weight is 194 g/mol. The van der Waals surface area contributed by atoms with Crippen LogP contribution in [0.15, 0.2) is 24.3 Å². The van der Waals surface area contributed by atoms with Gasteiger partial charge in [0.15, 0.2) is 0 Å². The Morgan fingerprint density at radius 1 is 1.00 bits per heavy atom. The Hall–Kier alpha value is -0.603. The van der Waals surface area contributed by atoms with Crippen molar-refractivity contribution in [3.63, 3.8) is 0 Å². The standard InChI is InChI=1S/C11H18OSi/c1-13(2,3)9-11-6-4-10(8-12)5-7-11/h4-7,12H,8-9H2,1-3H3. The highest BCUT2D eigenvalue weighted by atomic mass is 28.3. The molecule has 0 bridgehead atoms. The molecule has 0 aliphatic heterocycles. The molecule has 0 radical (unpaired) electrons. The second kappa shape index (κ2) is 4.07. The van der Waals surface area contributed by atoms with Gasteiger partial charge in [-0.3, -0.25) is 0 Å². The molecule has 1 aromatic carbocycles. The van der Waals surface area contributed by atoms with Crippen LogP contribution in [0, 0.1) is 0 Å². The van der Waals surface area contributed by atoms with E-state index in [9.17, 15) is 0 Å². The number of hydrogen-bond acceptors (Lipinski definition) is 1. The smallest absolute Gasteiger partial charge is 0.0681 e. The van der Waals surface area contributed by atoms with Crippen molar-refractivity contribution in [1.82, 2.24) is 0 Å². The lowest BCUT2D eigenvalue weighted by Gasteiger charge is -2.15. The molecule has 0 aliphatic carbocycles. The Bertz CT molecular complexity index is 258. The Balaban J connectivity index is 2.70. The highest BCUT2D eigenvalue weighted by molar-refractivity contribution is 6.75. The second-order valence-electron chi connectivity index (χ2n) is 4.71. The summed E-state index contributed by atoms with van der Waals surface area (Å²) in [6.07, 6.45) is 0. The summed E-state index contributed by atoms with van der Waals surface area (Å²) in [6, 6.07) is 9.50. The van der Waals surface area contributed by atoms with Crippen LogP contribution in [0.5, 0.6) is 0 Å². The first-order chi connectivity index (χ1) is 6.01. The molecule has 2 heteroatoms. The van der Waals surface area contributed by atoms with Crippen LogP contribution >= 0.6 is 0 Å². The van der Waals surface area contributed by atoms with Crippen molar-refractivity contribution >= 4 is 8.07 Å². The molecule has 0 unspecified atom stereocenters. The van der Waals surface area contributed by atoms with E-state index >= 15 is 0 Å². The average Bonchev–Trinajstić information content (AvgIpc) is 2.03. The molecule has 0 saturated heterocycles. The summed E-state index contributed by atoms with van der Waals surface area (Å²) in [5.41, 5.74) is 2.40. The van der Waals surface area contributed by atoms with Gasteiger partial charge < -0.3 is 5.11 Å². The van der Waals surface area contributed by atoms with Crippen molar-refractivity contribution in [2.75, 3.05) is 0 Å². The summed E-state index contributed by atoms with van der Waals surface area (Å²) in [6.45, 7) is 7.25. The predicted octanol–water partition coefficient (Wildman–Crippen LogP) is 2.60. The van der Waals surface area contributed by atoms with Crippen LogP contribution in [-0.2, 0) is 12.7 Å². The fourth-order valence-corrected chi connectivity index (χ4v) is 2.84. The van der Waals surface area contributed by atoms with Gasteiger partial charge in [0.2, 0.25) is 0 Å². The van der Waals surface area contributed by atoms with Crippen molar-refractivity contribution in [3.8, 4) is 0 Å². The maximum Gasteiger partial charge on any atom is 0.0681 e.